The zero-order valence-electron chi connectivity index (χ0n) is 18.1. The van der Waals surface area contributed by atoms with E-state index in [1.54, 1.807) is 0 Å². The van der Waals surface area contributed by atoms with Crippen LogP contribution in [-0.4, -0.2) is 83.6 Å². The minimum absolute atomic E-state index is 0.129. The summed E-state index contributed by atoms with van der Waals surface area (Å²) in [4.78, 5) is 24.3. The molecule has 0 aliphatic carbocycles. The van der Waals surface area contributed by atoms with Crippen molar-refractivity contribution >= 4 is 6.03 Å². The largest absolute Gasteiger partial charge is 0.335 e. The molecule has 0 radical (unpaired) electrons. The van der Waals surface area contributed by atoms with Crippen molar-refractivity contribution in [3.63, 3.8) is 0 Å². The van der Waals surface area contributed by atoms with Crippen molar-refractivity contribution in [3.8, 4) is 0 Å². The summed E-state index contributed by atoms with van der Waals surface area (Å²) in [5.41, 5.74) is 1.16. The fourth-order valence-electron chi connectivity index (χ4n) is 5.52. The van der Waals surface area contributed by atoms with Gasteiger partial charge in [-0.15, -0.1) is 0 Å². The van der Waals surface area contributed by atoms with Gasteiger partial charge >= 0.3 is 6.03 Å². The number of nitrogens with one attached hydrogen (secondary N) is 1. The van der Waals surface area contributed by atoms with Crippen LogP contribution in [0.5, 0.6) is 0 Å². The normalized spacial score (nSPS) is 28.8. The lowest BCUT2D eigenvalue weighted by Crippen LogP contribution is -2.57. The lowest BCUT2D eigenvalue weighted by molar-refractivity contribution is 0.0485. The lowest BCUT2D eigenvalue weighted by Gasteiger charge is -2.47. The SMILES string of the molecule is CN(C(=O)NC1CC2CCCC(C1)N2C)C1CCN(CCc2ccccn2)CC1. The number of rotatable bonds is 5. The Morgan fingerprint density at radius 1 is 1.17 bits per heavy atom. The van der Waals surface area contributed by atoms with E-state index in [1.807, 2.05) is 24.2 Å². The number of carbonyl (C=O) groups excluding carboxylic acids is 1. The van der Waals surface area contributed by atoms with E-state index >= 15 is 0 Å². The van der Waals surface area contributed by atoms with Crippen LogP contribution in [0.3, 0.4) is 0 Å². The predicted molar refractivity (Wildman–Crippen MR) is 116 cm³/mol. The standard InChI is InChI=1S/C23H37N5O/c1-26-21-7-5-8-22(26)17-19(16-21)25-23(29)27(2)20-10-14-28(15-11-20)13-9-18-6-3-4-12-24-18/h3-4,6,12,19-22H,5,7-11,13-17H2,1-2H3,(H,25,29). The van der Waals surface area contributed by atoms with Crippen LogP contribution in [-0.2, 0) is 6.42 Å². The summed E-state index contributed by atoms with van der Waals surface area (Å²) in [6.07, 6.45) is 11.1. The molecule has 29 heavy (non-hydrogen) atoms. The van der Waals surface area contributed by atoms with E-state index in [2.05, 4.69) is 39.3 Å². The maximum atomic E-state index is 12.9. The number of carbonyl (C=O) groups is 1. The maximum Gasteiger partial charge on any atom is 0.317 e. The van der Waals surface area contributed by atoms with Gasteiger partial charge in [0.1, 0.15) is 0 Å². The van der Waals surface area contributed by atoms with Crippen LogP contribution in [0.2, 0.25) is 0 Å². The molecule has 3 saturated heterocycles. The van der Waals surface area contributed by atoms with Crippen LogP contribution in [0.4, 0.5) is 4.79 Å². The van der Waals surface area contributed by atoms with E-state index in [0.29, 0.717) is 24.2 Å². The molecule has 1 aromatic rings. The number of piperidine rings is 3. The Labute approximate surface area is 175 Å². The first-order chi connectivity index (χ1) is 14.1. The van der Waals surface area contributed by atoms with Crippen molar-refractivity contribution in [2.45, 2.75) is 75.5 Å². The molecule has 0 spiro atoms. The first kappa shape index (κ1) is 20.6. The topological polar surface area (TPSA) is 51.7 Å². The quantitative estimate of drug-likeness (QED) is 0.827. The van der Waals surface area contributed by atoms with Crippen molar-refractivity contribution < 1.29 is 4.79 Å². The second kappa shape index (κ2) is 9.43. The number of hydrogen-bond acceptors (Lipinski definition) is 4. The average Bonchev–Trinajstić information content (AvgIpc) is 2.73. The number of aromatic nitrogens is 1. The van der Waals surface area contributed by atoms with Gasteiger partial charge in [0.25, 0.3) is 0 Å². The summed E-state index contributed by atoms with van der Waals surface area (Å²) in [6, 6.07) is 8.25. The van der Waals surface area contributed by atoms with Gasteiger partial charge < -0.3 is 20.0 Å². The number of urea groups is 1. The van der Waals surface area contributed by atoms with Crippen LogP contribution < -0.4 is 5.32 Å². The van der Waals surface area contributed by atoms with Gasteiger partial charge in [0.15, 0.2) is 0 Å². The third-order valence-corrected chi connectivity index (χ3v) is 7.50. The Kier molecular flexibility index (Phi) is 6.70. The molecule has 2 amide bonds. The summed E-state index contributed by atoms with van der Waals surface area (Å²) < 4.78 is 0. The van der Waals surface area contributed by atoms with E-state index in [9.17, 15) is 4.79 Å². The van der Waals surface area contributed by atoms with E-state index in [-0.39, 0.29) is 6.03 Å². The predicted octanol–water partition coefficient (Wildman–Crippen LogP) is 2.75. The molecule has 2 atom stereocenters. The highest BCUT2D eigenvalue weighted by Gasteiger charge is 2.37. The monoisotopic (exact) mass is 399 g/mol. The fourth-order valence-corrected chi connectivity index (χ4v) is 5.52. The van der Waals surface area contributed by atoms with Crippen LogP contribution >= 0.6 is 0 Å². The van der Waals surface area contributed by atoms with Crippen LogP contribution in [0, 0.1) is 0 Å². The average molecular weight is 400 g/mol. The molecule has 0 saturated carbocycles. The molecule has 1 aromatic heterocycles. The Bertz CT molecular complexity index is 646. The highest BCUT2D eigenvalue weighted by molar-refractivity contribution is 5.74. The van der Waals surface area contributed by atoms with Crippen LogP contribution in [0.25, 0.3) is 0 Å². The van der Waals surface area contributed by atoms with Gasteiger partial charge in [-0.1, -0.05) is 12.5 Å². The highest BCUT2D eigenvalue weighted by atomic mass is 16.2. The van der Waals surface area contributed by atoms with Crippen molar-refractivity contribution in [1.82, 2.24) is 25.0 Å². The number of pyridine rings is 1. The third kappa shape index (κ3) is 5.10. The molecular formula is C23H37N5O. The summed E-state index contributed by atoms with van der Waals surface area (Å²) in [5, 5.41) is 3.36. The Hall–Kier alpha value is -1.66. The molecular weight excluding hydrogens is 362 g/mol. The number of likely N-dealkylation sites (tertiary alicyclic amines) is 1. The molecule has 4 rings (SSSR count). The molecule has 3 aliphatic heterocycles. The molecule has 3 aliphatic rings. The van der Waals surface area contributed by atoms with Crippen molar-refractivity contribution in [1.29, 1.82) is 0 Å². The number of fused-ring (bicyclic) bond motifs is 2. The summed E-state index contributed by atoms with van der Waals surface area (Å²) in [5.74, 6) is 0. The second-order valence-corrected chi connectivity index (χ2v) is 9.28. The van der Waals surface area contributed by atoms with Gasteiger partial charge in [0.2, 0.25) is 0 Å². The summed E-state index contributed by atoms with van der Waals surface area (Å²) >= 11 is 0. The minimum Gasteiger partial charge on any atom is -0.335 e. The summed E-state index contributed by atoms with van der Waals surface area (Å²) in [7, 11) is 4.25. The zero-order valence-corrected chi connectivity index (χ0v) is 18.1. The minimum atomic E-state index is 0.129. The summed E-state index contributed by atoms with van der Waals surface area (Å²) in [6.45, 7) is 3.18. The fraction of sp³-hybridized carbons (Fsp3) is 0.739. The van der Waals surface area contributed by atoms with E-state index in [0.717, 1.165) is 57.4 Å². The second-order valence-electron chi connectivity index (χ2n) is 9.28. The number of nitrogens with zero attached hydrogens (tertiary/aromatic N) is 4. The van der Waals surface area contributed by atoms with Crippen molar-refractivity contribution in [2.24, 2.45) is 0 Å². The molecule has 4 heterocycles. The van der Waals surface area contributed by atoms with E-state index < -0.39 is 0 Å². The Balaban J connectivity index is 1.20. The highest BCUT2D eigenvalue weighted by Crippen LogP contribution is 2.32. The molecule has 6 heteroatoms. The zero-order chi connectivity index (χ0) is 20.2. The van der Waals surface area contributed by atoms with Crippen LogP contribution in [0.1, 0.15) is 50.6 Å². The van der Waals surface area contributed by atoms with Crippen LogP contribution in [0.15, 0.2) is 24.4 Å². The smallest absolute Gasteiger partial charge is 0.317 e. The first-order valence-corrected chi connectivity index (χ1v) is 11.5. The molecule has 2 unspecified atom stereocenters. The van der Waals surface area contributed by atoms with E-state index in [4.69, 9.17) is 0 Å². The first-order valence-electron chi connectivity index (χ1n) is 11.5. The molecule has 160 valence electrons. The van der Waals surface area contributed by atoms with Gasteiger partial charge in [-0.2, -0.15) is 0 Å². The van der Waals surface area contributed by atoms with Gasteiger partial charge in [-0.05, 0) is 57.7 Å². The van der Waals surface area contributed by atoms with Gasteiger partial charge in [-0.25, -0.2) is 4.79 Å². The third-order valence-electron chi connectivity index (χ3n) is 7.50. The Morgan fingerprint density at radius 3 is 2.55 bits per heavy atom. The maximum absolute atomic E-state index is 12.9. The van der Waals surface area contributed by atoms with E-state index in [1.165, 1.54) is 19.3 Å². The molecule has 1 N–H and O–H groups in total. The Morgan fingerprint density at radius 2 is 1.90 bits per heavy atom. The van der Waals surface area contributed by atoms with Crippen molar-refractivity contribution in [3.05, 3.63) is 30.1 Å². The molecule has 0 aromatic carbocycles. The molecule has 2 bridgehead atoms. The number of hydrogen-bond donors (Lipinski definition) is 1. The van der Waals surface area contributed by atoms with Gasteiger partial charge in [-0.3, -0.25) is 4.98 Å². The van der Waals surface area contributed by atoms with Gasteiger partial charge in [0.05, 0.1) is 0 Å². The van der Waals surface area contributed by atoms with Gasteiger partial charge in [0, 0.05) is 69.2 Å². The lowest BCUT2D eigenvalue weighted by atomic mass is 9.82. The molecule has 6 nitrogen and oxygen atoms in total. The van der Waals surface area contributed by atoms with Crippen molar-refractivity contribution in [2.75, 3.05) is 33.7 Å². The number of amides is 2. The molecule has 3 fully saturated rings.